The third-order valence-electron chi connectivity index (χ3n) is 3.00. The van der Waals surface area contributed by atoms with Crippen LogP contribution in [0.4, 0.5) is 24.5 Å². The lowest BCUT2D eigenvalue weighted by Gasteiger charge is -2.16. The summed E-state index contributed by atoms with van der Waals surface area (Å²) in [6.07, 6.45) is -4.45. The number of halogens is 4. The molecule has 0 unspecified atom stereocenters. The number of thiocarbonyl (C=S) groups is 1. The molecule has 0 aromatic heterocycles. The van der Waals surface area contributed by atoms with Crippen LogP contribution in [0.2, 0.25) is 5.02 Å². The lowest BCUT2D eigenvalue weighted by molar-refractivity contribution is -0.136. The first-order chi connectivity index (χ1) is 10.3. The molecule has 0 radical (unpaired) electrons. The Morgan fingerprint density at radius 1 is 1.00 bits per heavy atom. The van der Waals surface area contributed by atoms with E-state index in [9.17, 15) is 13.2 Å². The van der Waals surface area contributed by atoms with E-state index < -0.39 is 11.7 Å². The summed E-state index contributed by atoms with van der Waals surface area (Å²) in [5.74, 6) is 0. The summed E-state index contributed by atoms with van der Waals surface area (Å²) in [5.41, 5.74) is 0.515. The Hall–Kier alpha value is -1.79. The zero-order valence-electron chi connectivity index (χ0n) is 11.5. The Kier molecular flexibility index (Phi) is 4.93. The molecule has 116 valence electrons. The van der Waals surface area contributed by atoms with Gasteiger partial charge in [0.2, 0.25) is 0 Å². The Morgan fingerprint density at radius 2 is 1.59 bits per heavy atom. The molecule has 0 spiro atoms. The van der Waals surface area contributed by atoms with Crippen molar-refractivity contribution in [1.29, 1.82) is 0 Å². The van der Waals surface area contributed by atoms with Gasteiger partial charge in [0, 0.05) is 10.7 Å². The van der Waals surface area contributed by atoms with Crippen LogP contribution in [0.25, 0.3) is 0 Å². The molecule has 2 aromatic carbocycles. The fourth-order valence-electron chi connectivity index (χ4n) is 1.86. The molecular weight excluding hydrogens is 333 g/mol. The molecule has 2 nitrogen and oxygen atoms in total. The lowest BCUT2D eigenvalue weighted by atomic mass is 10.1. The van der Waals surface area contributed by atoms with Crippen LogP contribution in [-0.4, -0.2) is 5.11 Å². The van der Waals surface area contributed by atoms with Gasteiger partial charge < -0.3 is 10.6 Å². The van der Waals surface area contributed by atoms with Gasteiger partial charge in [-0.1, -0.05) is 29.8 Å². The zero-order valence-corrected chi connectivity index (χ0v) is 13.0. The molecule has 0 saturated heterocycles. The maximum Gasteiger partial charge on any atom is 0.418 e. The van der Waals surface area contributed by atoms with Crippen molar-refractivity contribution in [1.82, 2.24) is 0 Å². The maximum absolute atomic E-state index is 12.9. The van der Waals surface area contributed by atoms with Crippen LogP contribution < -0.4 is 10.6 Å². The van der Waals surface area contributed by atoms with Crippen molar-refractivity contribution in [2.75, 3.05) is 10.6 Å². The van der Waals surface area contributed by atoms with E-state index in [2.05, 4.69) is 10.6 Å². The van der Waals surface area contributed by atoms with Crippen LogP contribution in [-0.2, 0) is 6.18 Å². The summed E-state index contributed by atoms with van der Waals surface area (Å²) >= 11 is 11.1. The summed E-state index contributed by atoms with van der Waals surface area (Å²) in [5, 5.41) is 6.02. The molecule has 2 N–H and O–H groups in total. The molecule has 0 saturated carbocycles. The van der Waals surface area contributed by atoms with E-state index in [1.807, 2.05) is 0 Å². The summed E-state index contributed by atoms with van der Waals surface area (Å²) in [4.78, 5) is 0. The highest BCUT2D eigenvalue weighted by Crippen LogP contribution is 2.34. The molecule has 0 atom stereocenters. The molecule has 0 fully saturated rings. The molecule has 0 bridgehead atoms. The van der Waals surface area contributed by atoms with Crippen molar-refractivity contribution in [2.24, 2.45) is 0 Å². The summed E-state index contributed by atoms with van der Waals surface area (Å²) in [6, 6.07) is 10.3. The van der Waals surface area contributed by atoms with Crippen LogP contribution >= 0.6 is 23.8 Å². The number of alkyl halides is 3. The Balaban J connectivity index is 2.18. The average molecular weight is 345 g/mol. The lowest BCUT2D eigenvalue weighted by Crippen LogP contribution is -2.22. The number of para-hydroxylation sites is 1. The predicted octanol–water partition coefficient (Wildman–Crippen LogP) is 5.48. The highest BCUT2D eigenvalue weighted by molar-refractivity contribution is 7.80. The van der Waals surface area contributed by atoms with Crippen LogP contribution in [0.5, 0.6) is 0 Å². The minimum atomic E-state index is -4.45. The number of rotatable bonds is 2. The standard InChI is InChI=1S/C15H12ClF3N2S/c1-9-11(16)6-4-8-12(9)20-14(22)21-13-7-3-2-5-10(13)15(17,18)19/h2-8H,1H3,(H2,20,21,22). The van der Waals surface area contributed by atoms with E-state index in [0.717, 1.165) is 11.6 Å². The Morgan fingerprint density at radius 3 is 2.27 bits per heavy atom. The normalized spacial score (nSPS) is 11.1. The monoisotopic (exact) mass is 344 g/mol. The van der Waals surface area contributed by atoms with E-state index in [-0.39, 0.29) is 10.8 Å². The van der Waals surface area contributed by atoms with Crippen LogP contribution in [0.3, 0.4) is 0 Å². The molecule has 0 heterocycles. The Bertz CT molecular complexity index is 701. The third-order valence-corrected chi connectivity index (χ3v) is 3.61. The van der Waals surface area contributed by atoms with Gasteiger partial charge in [-0.05, 0) is 49.0 Å². The van der Waals surface area contributed by atoms with Crippen LogP contribution in [0, 0.1) is 6.92 Å². The molecule has 0 aliphatic heterocycles. The second-order valence-corrected chi connectivity index (χ2v) is 5.35. The van der Waals surface area contributed by atoms with Crippen molar-refractivity contribution in [3.05, 3.63) is 58.6 Å². The average Bonchev–Trinajstić information content (AvgIpc) is 2.43. The molecule has 7 heteroatoms. The van der Waals surface area contributed by atoms with Gasteiger partial charge in [-0.15, -0.1) is 0 Å². The van der Waals surface area contributed by atoms with Crippen LogP contribution in [0.15, 0.2) is 42.5 Å². The molecule has 0 aliphatic carbocycles. The van der Waals surface area contributed by atoms with Crippen molar-refractivity contribution in [3.63, 3.8) is 0 Å². The van der Waals surface area contributed by atoms with Crippen molar-refractivity contribution >= 4 is 40.3 Å². The van der Waals surface area contributed by atoms with E-state index in [1.165, 1.54) is 18.2 Å². The number of hydrogen-bond acceptors (Lipinski definition) is 1. The first-order valence-electron chi connectivity index (χ1n) is 6.28. The molecule has 2 aromatic rings. The van der Waals surface area contributed by atoms with Gasteiger partial charge in [-0.3, -0.25) is 0 Å². The number of hydrogen-bond donors (Lipinski definition) is 2. The van der Waals surface area contributed by atoms with Gasteiger partial charge in [0.1, 0.15) is 0 Å². The van der Waals surface area contributed by atoms with Crippen molar-refractivity contribution in [2.45, 2.75) is 13.1 Å². The SMILES string of the molecule is Cc1c(Cl)cccc1NC(=S)Nc1ccccc1C(F)(F)F. The van der Waals surface area contributed by atoms with Crippen molar-refractivity contribution in [3.8, 4) is 0 Å². The second-order valence-electron chi connectivity index (χ2n) is 4.53. The quantitative estimate of drug-likeness (QED) is 0.706. The van der Waals surface area contributed by atoms with Gasteiger partial charge in [0.25, 0.3) is 0 Å². The van der Waals surface area contributed by atoms with E-state index in [0.29, 0.717) is 10.7 Å². The van der Waals surface area contributed by atoms with Gasteiger partial charge in [0.15, 0.2) is 5.11 Å². The summed E-state index contributed by atoms with van der Waals surface area (Å²) in [6.45, 7) is 1.79. The second kappa shape index (κ2) is 6.54. The fraction of sp³-hybridized carbons (Fsp3) is 0.133. The largest absolute Gasteiger partial charge is 0.418 e. The predicted molar refractivity (Wildman–Crippen MR) is 87.5 cm³/mol. The first-order valence-corrected chi connectivity index (χ1v) is 7.07. The smallest absolute Gasteiger partial charge is 0.332 e. The van der Waals surface area contributed by atoms with E-state index >= 15 is 0 Å². The molecule has 0 aliphatic rings. The Labute approximate surface area is 136 Å². The summed E-state index contributed by atoms with van der Waals surface area (Å²) in [7, 11) is 0. The number of nitrogens with one attached hydrogen (secondary N) is 2. The van der Waals surface area contributed by atoms with Gasteiger partial charge in [-0.25, -0.2) is 0 Å². The summed E-state index contributed by atoms with van der Waals surface area (Å²) < 4.78 is 38.8. The highest BCUT2D eigenvalue weighted by atomic mass is 35.5. The third kappa shape index (κ3) is 3.90. The minimum Gasteiger partial charge on any atom is -0.332 e. The molecule has 22 heavy (non-hydrogen) atoms. The van der Waals surface area contributed by atoms with Gasteiger partial charge in [-0.2, -0.15) is 13.2 Å². The van der Waals surface area contributed by atoms with Gasteiger partial charge >= 0.3 is 6.18 Å². The van der Waals surface area contributed by atoms with E-state index in [1.54, 1.807) is 25.1 Å². The zero-order chi connectivity index (χ0) is 16.3. The first kappa shape index (κ1) is 16.6. The van der Waals surface area contributed by atoms with E-state index in [4.69, 9.17) is 23.8 Å². The number of anilines is 2. The fourth-order valence-corrected chi connectivity index (χ4v) is 2.25. The maximum atomic E-state index is 12.9. The number of benzene rings is 2. The van der Waals surface area contributed by atoms with Gasteiger partial charge in [0.05, 0.1) is 11.3 Å². The molecule has 2 rings (SSSR count). The molecular formula is C15H12ClF3N2S. The minimum absolute atomic E-state index is 0.0575. The van der Waals surface area contributed by atoms with Crippen molar-refractivity contribution < 1.29 is 13.2 Å². The highest BCUT2D eigenvalue weighted by Gasteiger charge is 2.33. The van der Waals surface area contributed by atoms with Crippen LogP contribution in [0.1, 0.15) is 11.1 Å². The molecule has 0 amide bonds. The topological polar surface area (TPSA) is 24.1 Å².